The predicted molar refractivity (Wildman–Crippen MR) is 102 cm³/mol. The SMILES string of the molecule is CCn1c(SC(c2cccc(C)c2)c2nnco2)nnc1-c1ccncc1. The van der Waals surface area contributed by atoms with Crippen molar-refractivity contribution in [1.29, 1.82) is 0 Å². The first-order chi connectivity index (χ1) is 13.3. The van der Waals surface area contributed by atoms with Gasteiger partial charge in [0.2, 0.25) is 12.3 Å². The van der Waals surface area contributed by atoms with Crippen molar-refractivity contribution in [3.8, 4) is 11.4 Å². The van der Waals surface area contributed by atoms with Gasteiger partial charge in [-0.3, -0.25) is 4.98 Å². The van der Waals surface area contributed by atoms with Gasteiger partial charge in [0.05, 0.1) is 0 Å². The summed E-state index contributed by atoms with van der Waals surface area (Å²) in [5.74, 6) is 1.36. The summed E-state index contributed by atoms with van der Waals surface area (Å²) in [6.45, 7) is 4.89. The van der Waals surface area contributed by atoms with Gasteiger partial charge in [-0.1, -0.05) is 41.6 Å². The first-order valence-corrected chi connectivity index (χ1v) is 9.47. The van der Waals surface area contributed by atoms with Gasteiger partial charge >= 0.3 is 0 Å². The second kappa shape index (κ2) is 7.71. The molecular formula is C19H18N6OS. The van der Waals surface area contributed by atoms with E-state index in [4.69, 9.17) is 4.42 Å². The van der Waals surface area contributed by atoms with E-state index in [9.17, 15) is 0 Å². The fourth-order valence-corrected chi connectivity index (χ4v) is 4.00. The number of aryl methyl sites for hydroxylation is 1. The molecule has 0 aliphatic rings. The molecule has 0 amide bonds. The van der Waals surface area contributed by atoms with Crippen molar-refractivity contribution >= 4 is 11.8 Å². The summed E-state index contributed by atoms with van der Waals surface area (Å²) < 4.78 is 7.60. The van der Waals surface area contributed by atoms with Crippen LogP contribution in [0, 0.1) is 6.92 Å². The van der Waals surface area contributed by atoms with E-state index in [-0.39, 0.29) is 5.25 Å². The average Bonchev–Trinajstić information content (AvgIpc) is 3.36. The van der Waals surface area contributed by atoms with Crippen molar-refractivity contribution in [2.45, 2.75) is 30.8 Å². The number of aromatic nitrogens is 6. The van der Waals surface area contributed by atoms with Crippen LogP contribution in [0.2, 0.25) is 0 Å². The molecule has 0 saturated carbocycles. The average molecular weight is 378 g/mol. The number of nitrogens with zero attached hydrogens (tertiary/aromatic N) is 6. The fourth-order valence-electron chi connectivity index (χ4n) is 2.87. The Morgan fingerprint density at radius 3 is 2.67 bits per heavy atom. The molecule has 0 N–H and O–H groups in total. The third kappa shape index (κ3) is 3.61. The summed E-state index contributed by atoms with van der Waals surface area (Å²) in [5.41, 5.74) is 3.24. The van der Waals surface area contributed by atoms with E-state index in [1.54, 1.807) is 24.2 Å². The maximum Gasteiger partial charge on any atom is 0.234 e. The smallest absolute Gasteiger partial charge is 0.234 e. The Balaban J connectivity index is 1.73. The highest BCUT2D eigenvalue weighted by atomic mass is 32.2. The Hall–Kier alpha value is -3.00. The van der Waals surface area contributed by atoms with Gasteiger partial charge < -0.3 is 8.98 Å². The van der Waals surface area contributed by atoms with E-state index in [0.717, 1.165) is 28.7 Å². The van der Waals surface area contributed by atoms with Crippen LogP contribution in [0.15, 0.2) is 64.8 Å². The van der Waals surface area contributed by atoms with Crippen molar-refractivity contribution in [3.05, 3.63) is 72.2 Å². The quantitative estimate of drug-likeness (QED) is 0.470. The van der Waals surface area contributed by atoms with E-state index in [2.05, 4.69) is 62.0 Å². The Bertz CT molecular complexity index is 1020. The van der Waals surface area contributed by atoms with Crippen LogP contribution in [-0.4, -0.2) is 29.9 Å². The molecule has 3 heterocycles. The summed E-state index contributed by atoms with van der Waals surface area (Å²) in [4.78, 5) is 4.07. The van der Waals surface area contributed by atoms with Crippen molar-refractivity contribution < 1.29 is 4.42 Å². The van der Waals surface area contributed by atoms with Gasteiger partial charge in [-0.15, -0.1) is 20.4 Å². The first-order valence-electron chi connectivity index (χ1n) is 8.59. The maximum atomic E-state index is 5.52. The van der Waals surface area contributed by atoms with Crippen LogP contribution in [0.25, 0.3) is 11.4 Å². The lowest BCUT2D eigenvalue weighted by Crippen LogP contribution is -2.04. The van der Waals surface area contributed by atoms with E-state index in [1.165, 1.54) is 12.0 Å². The number of hydrogen-bond acceptors (Lipinski definition) is 7. The zero-order chi connectivity index (χ0) is 18.6. The molecule has 7 nitrogen and oxygen atoms in total. The van der Waals surface area contributed by atoms with Crippen molar-refractivity contribution in [1.82, 2.24) is 29.9 Å². The molecule has 0 aliphatic carbocycles. The summed E-state index contributed by atoms with van der Waals surface area (Å²) in [7, 11) is 0. The van der Waals surface area contributed by atoms with E-state index in [0.29, 0.717) is 5.89 Å². The first kappa shape index (κ1) is 17.4. The molecule has 0 aliphatic heterocycles. The molecule has 0 fully saturated rings. The molecule has 4 aromatic rings. The predicted octanol–water partition coefficient (Wildman–Crippen LogP) is 3.93. The van der Waals surface area contributed by atoms with Crippen LogP contribution in [0.4, 0.5) is 0 Å². The summed E-state index contributed by atoms with van der Waals surface area (Å²) in [6.07, 6.45) is 4.86. The highest BCUT2D eigenvalue weighted by molar-refractivity contribution is 7.99. The van der Waals surface area contributed by atoms with Crippen molar-refractivity contribution in [2.24, 2.45) is 0 Å². The Morgan fingerprint density at radius 2 is 1.96 bits per heavy atom. The molecule has 0 bridgehead atoms. The van der Waals surface area contributed by atoms with Crippen molar-refractivity contribution in [2.75, 3.05) is 0 Å². The summed E-state index contributed by atoms with van der Waals surface area (Å²) in [6, 6.07) is 12.1. The topological polar surface area (TPSA) is 82.5 Å². The van der Waals surface area contributed by atoms with Gasteiger partial charge in [-0.2, -0.15) is 0 Å². The van der Waals surface area contributed by atoms with Gasteiger partial charge in [0.25, 0.3) is 0 Å². The molecular weight excluding hydrogens is 360 g/mol. The maximum absolute atomic E-state index is 5.52. The second-order valence-corrected chi connectivity index (χ2v) is 7.05. The zero-order valence-corrected chi connectivity index (χ0v) is 15.8. The van der Waals surface area contributed by atoms with Gasteiger partial charge in [0, 0.05) is 24.5 Å². The monoisotopic (exact) mass is 378 g/mol. The lowest BCUT2D eigenvalue weighted by Gasteiger charge is -2.14. The minimum absolute atomic E-state index is 0.160. The molecule has 136 valence electrons. The van der Waals surface area contributed by atoms with Crippen LogP contribution >= 0.6 is 11.8 Å². The summed E-state index contributed by atoms with van der Waals surface area (Å²) >= 11 is 1.55. The lowest BCUT2D eigenvalue weighted by atomic mass is 10.1. The zero-order valence-electron chi connectivity index (χ0n) is 15.0. The number of thioether (sulfide) groups is 1. The van der Waals surface area contributed by atoms with Crippen LogP contribution in [-0.2, 0) is 6.54 Å². The minimum atomic E-state index is -0.160. The number of hydrogen-bond donors (Lipinski definition) is 0. The highest BCUT2D eigenvalue weighted by Crippen LogP contribution is 2.40. The standard InChI is InChI=1S/C19H18N6OS/c1-3-25-17(14-7-9-20-10-8-14)22-24-19(25)27-16(18-23-21-12-26-18)15-6-4-5-13(2)11-15/h4-12,16H,3H2,1-2H3. The molecule has 27 heavy (non-hydrogen) atoms. The van der Waals surface area contributed by atoms with Gasteiger partial charge in [0.1, 0.15) is 5.25 Å². The Kier molecular flexibility index (Phi) is 4.97. The Morgan fingerprint density at radius 1 is 1.11 bits per heavy atom. The molecule has 0 radical (unpaired) electrons. The number of benzene rings is 1. The molecule has 1 atom stereocenters. The number of rotatable bonds is 6. The normalized spacial score (nSPS) is 12.2. The van der Waals surface area contributed by atoms with Gasteiger partial charge in [0.15, 0.2) is 11.0 Å². The van der Waals surface area contributed by atoms with E-state index < -0.39 is 0 Å². The second-order valence-electron chi connectivity index (χ2n) is 5.98. The number of pyridine rings is 1. The third-order valence-corrected chi connectivity index (χ3v) is 5.36. The summed E-state index contributed by atoms with van der Waals surface area (Å²) in [5, 5.41) is 17.5. The van der Waals surface area contributed by atoms with Crippen LogP contribution in [0.1, 0.15) is 29.2 Å². The van der Waals surface area contributed by atoms with E-state index >= 15 is 0 Å². The van der Waals surface area contributed by atoms with Crippen LogP contribution in [0.3, 0.4) is 0 Å². The van der Waals surface area contributed by atoms with Crippen molar-refractivity contribution in [3.63, 3.8) is 0 Å². The van der Waals surface area contributed by atoms with Crippen LogP contribution in [0.5, 0.6) is 0 Å². The molecule has 1 aromatic carbocycles. The molecule has 4 rings (SSSR count). The molecule has 0 saturated heterocycles. The van der Waals surface area contributed by atoms with E-state index in [1.807, 2.05) is 18.2 Å². The largest absolute Gasteiger partial charge is 0.426 e. The highest BCUT2D eigenvalue weighted by Gasteiger charge is 2.25. The molecule has 0 spiro atoms. The lowest BCUT2D eigenvalue weighted by molar-refractivity contribution is 0.501. The van der Waals surface area contributed by atoms with Gasteiger partial charge in [-0.25, -0.2) is 0 Å². The Labute approximate surface area is 160 Å². The molecule has 1 unspecified atom stereocenters. The molecule has 8 heteroatoms. The fraction of sp³-hybridized carbons (Fsp3) is 0.211. The van der Waals surface area contributed by atoms with Gasteiger partial charge in [-0.05, 0) is 31.5 Å². The minimum Gasteiger partial charge on any atom is -0.426 e. The van der Waals surface area contributed by atoms with Crippen LogP contribution < -0.4 is 0 Å². The third-order valence-electron chi connectivity index (χ3n) is 4.14. The molecule has 3 aromatic heterocycles.